The van der Waals surface area contributed by atoms with Gasteiger partial charge in [-0.2, -0.15) is 26.3 Å². The quantitative estimate of drug-likeness (QED) is 0.292. The first kappa shape index (κ1) is 27.9. The van der Waals surface area contributed by atoms with E-state index in [4.69, 9.17) is 0 Å². The summed E-state index contributed by atoms with van der Waals surface area (Å²) in [5.74, 6) is -0.0512. The Bertz CT molecular complexity index is 1210. The zero-order chi connectivity index (χ0) is 27.7. The van der Waals surface area contributed by atoms with Crippen molar-refractivity contribution in [2.75, 3.05) is 36.0 Å². The molecule has 1 saturated heterocycles. The van der Waals surface area contributed by atoms with Gasteiger partial charge in [0.1, 0.15) is 0 Å². The molecule has 1 heterocycles. The van der Waals surface area contributed by atoms with Crippen LogP contribution < -0.4 is 9.80 Å². The fourth-order valence-corrected chi connectivity index (χ4v) is 5.29. The Morgan fingerprint density at radius 1 is 0.684 bits per heavy atom. The number of rotatable bonds is 6. The SMILES string of the molecule is CC(C)CC(C)c1cc(-c2ccccc2)cc(N2CCN(c3ccc(C(F)(F)F)cc3)CC2)c1C(F)(F)F. The van der Waals surface area contributed by atoms with E-state index in [1.165, 1.54) is 12.1 Å². The molecule has 0 aromatic heterocycles. The van der Waals surface area contributed by atoms with Gasteiger partial charge in [-0.15, -0.1) is 0 Å². The normalized spacial score (nSPS) is 15.7. The Balaban J connectivity index is 1.69. The molecule has 1 aliphatic rings. The molecule has 38 heavy (non-hydrogen) atoms. The highest BCUT2D eigenvalue weighted by molar-refractivity contribution is 5.74. The van der Waals surface area contributed by atoms with Crippen molar-refractivity contribution < 1.29 is 26.3 Å². The van der Waals surface area contributed by atoms with Gasteiger partial charge in [0.15, 0.2) is 0 Å². The van der Waals surface area contributed by atoms with Crippen LogP contribution >= 0.6 is 0 Å². The Labute approximate surface area is 219 Å². The van der Waals surface area contributed by atoms with Gasteiger partial charge in [-0.25, -0.2) is 0 Å². The second-order valence-electron chi connectivity index (χ2n) is 10.4. The zero-order valence-corrected chi connectivity index (χ0v) is 21.7. The first-order chi connectivity index (χ1) is 17.8. The van der Waals surface area contributed by atoms with E-state index < -0.39 is 23.5 Å². The lowest BCUT2D eigenvalue weighted by atomic mass is 9.85. The molecule has 1 aliphatic heterocycles. The third-order valence-corrected chi connectivity index (χ3v) is 7.07. The van der Waals surface area contributed by atoms with E-state index in [9.17, 15) is 26.3 Å². The Morgan fingerprint density at radius 3 is 1.79 bits per heavy atom. The van der Waals surface area contributed by atoms with E-state index in [2.05, 4.69) is 0 Å². The number of hydrogen-bond acceptors (Lipinski definition) is 2. The van der Waals surface area contributed by atoms with Crippen LogP contribution in [-0.2, 0) is 12.4 Å². The Morgan fingerprint density at radius 2 is 1.26 bits per heavy atom. The standard InChI is InChI=1S/C30H32F6N2/c1-20(2)17-21(3)26-18-23(22-7-5-4-6-8-22)19-27(28(26)30(34,35)36)38-15-13-37(14-16-38)25-11-9-24(10-12-25)29(31,32)33/h4-12,18-21H,13-17H2,1-3H3. The zero-order valence-electron chi connectivity index (χ0n) is 21.7. The average Bonchev–Trinajstić information content (AvgIpc) is 2.87. The number of nitrogens with zero attached hydrogens (tertiary/aromatic N) is 2. The van der Waals surface area contributed by atoms with Crippen LogP contribution in [0.4, 0.5) is 37.7 Å². The van der Waals surface area contributed by atoms with Gasteiger partial charge in [0.25, 0.3) is 0 Å². The molecule has 0 saturated carbocycles. The summed E-state index contributed by atoms with van der Waals surface area (Å²) in [6.45, 7) is 7.30. The molecule has 8 heteroatoms. The molecule has 3 aromatic rings. The smallest absolute Gasteiger partial charge is 0.368 e. The van der Waals surface area contributed by atoms with Gasteiger partial charge >= 0.3 is 12.4 Å². The number of piperazine rings is 1. The van der Waals surface area contributed by atoms with Crippen molar-refractivity contribution in [1.29, 1.82) is 0 Å². The van der Waals surface area contributed by atoms with Crippen LogP contribution in [0.1, 0.15) is 49.8 Å². The van der Waals surface area contributed by atoms with Crippen LogP contribution in [0.25, 0.3) is 11.1 Å². The van der Waals surface area contributed by atoms with Gasteiger partial charge in [-0.1, -0.05) is 57.2 Å². The summed E-state index contributed by atoms with van der Waals surface area (Å²) in [7, 11) is 0. The molecule has 0 bridgehead atoms. The fourth-order valence-electron chi connectivity index (χ4n) is 5.29. The second kappa shape index (κ2) is 10.9. The summed E-state index contributed by atoms with van der Waals surface area (Å²) in [4.78, 5) is 3.68. The van der Waals surface area contributed by atoms with Gasteiger partial charge in [0, 0.05) is 37.6 Å². The maximum absolute atomic E-state index is 14.6. The monoisotopic (exact) mass is 534 g/mol. The average molecular weight is 535 g/mol. The summed E-state index contributed by atoms with van der Waals surface area (Å²) < 4.78 is 82.7. The van der Waals surface area contributed by atoms with Crippen molar-refractivity contribution in [2.24, 2.45) is 5.92 Å². The first-order valence-electron chi connectivity index (χ1n) is 12.8. The third-order valence-electron chi connectivity index (χ3n) is 7.07. The summed E-state index contributed by atoms with van der Waals surface area (Å²) in [5.41, 5.74) is 1.36. The van der Waals surface area contributed by atoms with E-state index in [-0.39, 0.29) is 17.5 Å². The maximum atomic E-state index is 14.6. The van der Waals surface area contributed by atoms with E-state index in [0.717, 1.165) is 23.3 Å². The molecule has 1 unspecified atom stereocenters. The predicted octanol–water partition coefficient (Wildman–Crippen LogP) is 8.87. The number of hydrogen-bond donors (Lipinski definition) is 0. The number of benzene rings is 3. The van der Waals surface area contributed by atoms with Crippen molar-refractivity contribution in [3.63, 3.8) is 0 Å². The molecule has 3 aromatic carbocycles. The molecule has 0 radical (unpaired) electrons. The Hall–Kier alpha value is -3.16. The molecule has 2 nitrogen and oxygen atoms in total. The van der Waals surface area contributed by atoms with Crippen LogP contribution in [0, 0.1) is 5.92 Å². The van der Waals surface area contributed by atoms with Crippen LogP contribution in [0.15, 0.2) is 66.7 Å². The van der Waals surface area contributed by atoms with Crippen LogP contribution in [0.5, 0.6) is 0 Å². The van der Waals surface area contributed by atoms with E-state index >= 15 is 0 Å². The summed E-state index contributed by atoms with van der Waals surface area (Å²) >= 11 is 0. The van der Waals surface area contributed by atoms with Crippen LogP contribution in [-0.4, -0.2) is 26.2 Å². The van der Waals surface area contributed by atoms with Crippen molar-refractivity contribution >= 4 is 11.4 Å². The minimum Gasteiger partial charge on any atom is -0.368 e. The van der Waals surface area contributed by atoms with Crippen molar-refractivity contribution in [1.82, 2.24) is 0 Å². The first-order valence-corrected chi connectivity index (χ1v) is 12.8. The Kier molecular flexibility index (Phi) is 8.00. The van der Waals surface area contributed by atoms with Gasteiger partial charge in [-0.05, 0) is 65.3 Å². The molecule has 0 N–H and O–H groups in total. The molecule has 0 amide bonds. The molecule has 204 valence electrons. The number of anilines is 2. The number of alkyl halides is 6. The molecule has 1 atom stereocenters. The minimum atomic E-state index is -4.53. The van der Waals surface area contributed by atoms with Crippen molar-refractivity contribution in [3.05, 3.63) is 83.4 Å². The fraction of sp³-hybridized carbons (Fsp3) is 0.400. The van der Waals surface area contributed by atoms with E-state index in [1.807, 2.05) is 56.0 Å². The summed E-state index contributed by atoms with van der Waals surface area (Å²) in [6, 6.07) is 17.6. The van der Waals surface area contributed by atoms with E-state index in [1.54, 1.807) is 17.0 Å². The van der Waals surface area contributed by atoms with Gasteiger partial charge in [0.05, 0.1) is 11.1 Å². The topological polar surface area (TPSA) is 6.48 Å². The maximum Gasteiger partial charge on any atom is 0.418 e. The lowest BCUT2D eigenvalue weighted by Crippen LogP contribution is -2.47. The molecule has 0 aliphatic carbocycles. The lowest BCUT2D eigenvalue weighted by Gasteiger charge is -2.39. The summed E-state index contributed by atoms with van der Waals surface area (Å²) in [6.07, 6.45) is -8.32. The molecular weight excluding hydrogens is 502 g/mol. The van der Waals surface area contributed by atoms with Crippen LogP contribution in [0.2, 0.25) is 0 Å². The van der Waals surface area contributed by atoms with Gasteiger partial charge < -0.3 is 9.80 Å². The molecule has 4 rings (SSSR count). The van der Waals surface area contributed by atoms with Gasteiger partial charge in [0.2, 0.25) is 0 Å². The predicted molar refractivity (Wildman–Crippen MR) is 141 cm³/mol. The van der Waals surface area contributed by atoms with Gasteiger partial charge in [-0.3, -0.25) is 0 Å². The molecular formula is C30H32F6N2. The highest BCUT2D eigenvalue weighted by atomic mass is 19.4. The largest absolute Gasteiger partial charge is 0.418 e. The number of halogens is 6. The van der Waals surface area contributed by atoms with Crippen molar-refractivity contribution in [2.45, 2.75) is 45.5 Å². The van der Waals surface area contributed by atoms with Crippen molar-refractivity contribution in [3.8, 4) is 11.1 Å². The van der Waals surface area contributed by atoms with Crippen LogP contribution in [0.3, 0.4) is 0 Å². The second-order valence-corrected chi connectivity index (χ2v) is 10.4. The van der Waals surface area contributed by atoms with E-state index in [0.29, 0.717) is 43.9 Å². The highest BCUT2D eigenvalue weighted by Gasteiger charge is 2.40. The molecule has 0 spiro atoms. The summed E-state index contributed by atoms with van der Waals surface area (Å²) in [5, 5.41) is 0. The highest BCUT2D eigenvalue weighted by Crippen LogP contribution is 2.45. The lowest BCUT2D eigenvalue weighted by molar-refractivity contribution is -0.138. The minimum absolute atomic E-state index is 0.163. The molecule has 1 fully saturated rings. The third kappa shape index (κ3) is 6.27.